The first-order chi connectivity index (χ1) is 9.42. The fourth-order valence-electron chi connectivity index (χ4n) is 1.48. The molecule has 0 aliphatic rings. The summed E-state index contributed by atoms with van der Waals surface area (Å²) in [6.07, 6.45) is 1.55. The number of carbonyl (C=O) groups is 1. The minimum atomic E-state index is -0.135. The lowest BCUT2D eigenvalue weighted by molar-refractivity contribution is -0.862. The van der Waals surface area contributed by atoms with Gasteiger partial charge in [0, 0.05) is 12.7 Å². The van der Waals surface area contributed by atoms with Crippen molar-refractivity contribution in [1.82, 2.24) is 5.43 Å². The summed E-state index contributed by atoms with van der Waals surface area (Å²) in [6, 6.07) is 7.39. The zero-order valence-electron chi connectivity index (χ0n) is 12.8. The average molecular weight is 316 g/mol. The normalized spacial score (nSPS) is 11.0. The van der Waals surface area contributed by atoms with Crippen molar-refractivity contribution in [1.29, 1.82) is 0 Å². The second kappa shape index (κ2) is 9.33. The Morgan fingerprint density at radius 1 is 1.33 bits per heavy atom. The van der Waals surface area contributed by atoms with Gasteiger partial charge < -0.3 is 26.4 Å². The molecule has 1 aromatic rings. The van der Waals surface area contributed by atoms with E-state index in [1.54, 1.807) is 13.3 Å². The number of hydrogen-bond donors (Lipinski definition) is 1. The van der Waals surface area contributed by atoms with Crippen molar-refractivity contribution in [2.75, 3.05) is 41.6 Å². The van der Waals surface area contributed by atoms with Gasteiger partial charge in [-0.2, -0.15) is 5.10 Å². The zero-order valence-corrected chi connectivity index (χ0v) is 13.6. The molecule has 0 spiro atoms. The average Bonchev–Trinajstić information content (AvgIpc) is 2.35. The highest BCUT2D eigenvalue weighted by Crippen LogP contribution is 2.15. The van der Waals surface area contributed by atoms with E-state index in [1.807, 2.05) is 45.4 Å². The van der Waals surface area contributed by atoms with Crippen LogP contribution in [0.15, 0.2) is 29.4 Å². The predicted octanol–water partition coefficient (Wildman–Crippen LogP) is -2.17. The molecule has 7 heteroatoms. The Balaban J connectivity index is 0.00000400. The van der Waals surface area contributed by atoms with E-state index in [0.717, 1.165) is 5.56 Å². The summed E-state index contributed by atoms with van der Waals surface area (Å²) in [5.41, 5.74) is 3.27. The van der Waals surface area contributed by atoms with E-state index in [0.29, 0.717) is 16.8 Å². The minimum Gasteiger partial charge on any atom is -1.00 e. The van der Waals surface area contributed by atoms with Gasteiger partial charge in [0.1, 0.15) is 5.75 Å². The topological polar surface area (TPSA) is 59.9 Å². The van der Waals surface area contributed by atoms with Crippen molar-refractivity contribution in [2.24, 2.45) is 5.10 Å². The summed E-state index contributed by atoms with van der Waals surface area (Å²) in [5, 5.41) is 3.94. The lowest BCUT2D eigenvalue weighted by atomic mass is 10.2. The Bertz CT molecular complexity index is 473. The van der Waals surface area contributed by atoms with E-state index >= 15 is 0 Å². The van der Waals surface area contributed by atoms with Crippen LogP contribution in [0, 0.1) is 0 Å². The number of quaternary nitrogens is 1. The van der Waals surface area contributed by atoms with Crippen LogP contribution in [0.2, 0.25) is 0 Å². The van der Waals surface area contributed by atoms with E-state index in [4.69, 9.17) is 9.47 Å². The summed E-state index contributed by atoms with van der Waals surface area (Å²) in [4.78, 5) is 11.6. The monoisotopic (exact) mass is 315 g/mol. The molecule has 1 aromatic carbocycles. The number of para-hydroxylation sites is 1. The first-order valence-corrected chi connectivity index (χ1v) is 6.25. The van der Waals surface area contributed by atoms with Gasteiger partial charge in [-0.15, -0.1) is 0 Å². The number of methoxy groups -OCH3 is 1. The lowest BCUT2D eigenvalue weighted by Gasteiger charge is -2.22. The van der Waals surface area contributed by atoms with Gasteiger partial charge in [-0.1, -0.05) is 12.1 Å². The molecule has 1 amide bonds. The molecule has 118 valence electrons. The van der Waals surface area contributed by atoms with Crippen LogP contribution in [0.5, 0.6) is 5.75 Å². The SMILES string of the molecule is COCOc1ccccc1/C=N/NC(=O)C[N+](C)(C)C.[Cl-]. The highest BCUT2D eigenvalue weighted by molar-refractivity contribution is 5.85. The molecule has 0 heterocycles. The third kappa shape index (κ3) is 8.29. The first kappa shape index (κ1) is 19.4. The number of hydrogen-bond acceptors (Lipinski definition) is 4. The van der Waals surface area contributed by atoms with Crippen LogP contribution in [0.4, 0.5) is 0 Å². The summed E-state index contributed by atoms with van der Waals surface area (Å²) < 4.78 is 10.8. The maximum Gasteiger partial charge on any atom is 0.295 e. The van der Waals surface area contributed by atoms with Crippen molar-refractivity contribution < 1.29 is 31.2 Å². The van der Waals surface area contributed by atoms with Crippen molar-refractivity contribution in [3.8, 4) is 5.75 Å². The lowest BCUT2D eigenvalue weighted by Crippen LogP contribution is -3.00. The van der Waals surface area contributed by atoms with Crippen LogP contribution >= 0.6 is 0 Å². The number of halogens is 1. The molecule has 1 rings (SSSR count). The molecular weight excluding hydrogens is 294 g/mol. The second-order valence-electron chi connectivity index (χ2n) is 5.33. The third-order valence-electron chi connectivity index (χ3n) is 2.26. The molecular formula is C14H22ClN3O3. The van der Waals surface area contributed by atoms with Crippen LogP contribution < -0.4 is 22.6 Å². The largest absolute Gasteiger partial charge is 1.00 e. The summed E-state index contributed by atoms with van der Waals surface area (Å²) >= 11 is 0. The Morgan fingerprint density at radius 2 is 2.00 bits per heavy atom. The van der Waals surface area contributed by atoms with Crippen LogP contribution in [-0.4, -0.2) is 58.2 Å². The zero-order chi connectivity index (χ0) is 15.0. The van der Waals surface area contributed by atoms with E-state index in [1.165, 1.54) is 0 Å². The van der Waals surface area contributed by atoms with Gasteiger partial charge in [-0.3, -0.25) is 4.79 Å². The van der Waals surface area contributed by atoms with Crippen molar-refractivity contribution in [2.45, 2.75) is 0 Å². The molecule has 0 saturated heterocycles. The number of nitrogens with one attached hydrogen (secondary N) is 1. The summed E-state index contributed by atoms with van der Waals surface area (Å²) in [5.74, 6) is 0.517. The molecule has 0 aliphatic carbocycles. The van der Waals surface area contributed by atoms with Gasteiger partial charge in [0.2, 0.25) is 0 Å². The maximum atomic E-state index is 11.6. The summed E-state index contributed by atoms with van der Waals surface area (Å²) in [7, 11) is 7.38. The van der Waals surface area contributed by atoms with E-state index in [9.17, 15) is 4.79 Å². The van der Waals surface area contributed by atoms with E-state index < -0.39 is 0 Å². The standard InChI is InChI=1S/C14H21N3O3.ClH/c1-17(2,3)10-14(18)16-15-9-12-7-5-6-8-13(12)20-11-19-4;/h5-9H,10-11H2,1-4H3;1H/b15-9+;. The molecule has 0 fully saturated rings. The highest BCUT2D eigenvalue weighted by atomic mass is 35.5. The highest BCUT2D eigenvalue weighted by Gasteiger charge is 2.13. The van der Waals surface area contributed by atoms with Gasteiger partial charge in [0.25, 0.3) is 5.91 Å². The number of ether oxygens (including phenoxy) is 2. The number of amides is 1. The molecule has 0 bridgehead atoms. The van der Waals surface area contributed by atoms with Crippen LogP contribution in [0.25, 0.3) is 0 Å². The summed E-state index contributed by atoms with van der Waals surface area (Å²) in [6.45, 7) is 0.526. The third-order valence-corrected chi connectivity index (χ3v) is 2.26. The van der Waals surface area contributed by atoms with Crippen LogP contribution in [-0.2, 0) is 9.53 Å². The van der Waals surface area contributed by atoms with Crippen LogP contribution in [0.1, 0.15) is 5.56 Å². The number of rotatable bonds is 7. The number of carbonyl (C=O) groups excluding carboxylic acids is 1. The van der Waals surface area contributed by atoms with Gasteiger partial charge in [-0.05, 0) is 12.1 Å². The number of hydrazone groups is 1. The first-order valence-electron chi connectivity index (χ1n) is 6.25. The quantitative estimate of drug-likeness (QED) is 0.270. The van der Waals surface area contributed by atoms with Crippen molar-refractivity contribution >= 4 is 12.1 Å². The van der Waals surface area contributed by atoms with Gasteiger partial charge in [-0.25, -0.2) is 5.43 Å². The molecule has 0 atom stereocenters. The fraction of sp³-hybridized carbons (Fsp3) is 0.429. The second-order valence-corrected chi connectivity index (χ2v) is 5.33. The number of nitrogens with zero attached hydrogens (tertiary/aromatic N) is 2. The van der Waals surface area contributed by atoms with Crippen molar-refractivity contribution in [3.05, 3.63) is 29.8 Å². The fourth-order valence-corrected chi connectivity index (χ4v) is 1.48. The molecule has 0 aliphatic heterocycles. The van der Waals surface area contributed by atoms with Gasteiger partial charge in [0.15, 0.2) is 13.3 Å². The van der Waals surface area contributed by atoms with Gasteiger partial charge >= 0.3 is 0 Å². The molecule has 0 unspecified atom stereocenters. The smallest absolute Gasteiger partial charge is 0.295 e. The Kier molecular flexibility index (Phi) is 8.61. The Hall–Kier alpha value is -1.63. The Labute approximate surface area is 131 Å². The van der Waals surface area contributed by atoms with Crippen molar-refractivity contribution in [3.63, 3.8) is 0 Å². The van der Waals surface area contributed by atoms with Crippen LogP contribution in [0.3, 0.4) is 0 Å². The maximum absolute atomic E-state index is 11.6. The number of likely N-dealkylation sites (N-methyl/N-ethyl adjacent to an activating group) is 1. The molecule has 0 aromatic heterocycles. The molecule has 1 N–H and O–H groups in total. The molecule has 6 nitrogen and oxygen atoms in total. The van der Waals surface area contributed by atoms with Gasteiger partial charge in [0.05, 0.1) is 27.4 Å². The predicted molar refractivity (Wildman–Crippen MR) is 77.6 cm³/mol. The Morgan fingerprint density at radius 3 is 2.62 bits per heavy atom. The minimum absolute atomic E-state index is 0. The van der Waals surface area contributed by atoms with E-state index in [-0.39, 0.29) is 25.1 Å². The molecule has 0 saturated carbocycles. The number of benzene rings is 1. The molecule has 21 heavy (non-hydrogen) atoms. The van der Waals surface area contributed by atoms with E-state index in [2.05, 4.69) is 10.5 Å². The molecule has 0 radical (unpaired) electrons.